The summed E-state index contributed by atoms with van der Waals surface area (Å²) in [5.41, 5.74) is 13.2. The number of hydrogen-bond donors (Lipinski definition) is 6. The van der Waals surface area contributed by atoms with E-state index in [9.17, 15) is 0 Å². The molecule has 0 unspecified atom stereocenters. The number of ether oxygens (including phenoxy) is 2. The van der Waals surface area contributed by atoms with Crippen molar-refractivity contribution in [3.05, 3.63) is 47.5 Å². The van der Waals surface area contributed by atoms with Crippen LogP contribution in [-0.4, -0.2) is 35.3 Å². The number of benzene rings is 2. The molecule has 204 valence electrons. The number of nitrogen functional groups attached to an aromatic ring is 2. The lowest BCUT2D eigenvalue weighted by Crippen LogP contribution is -2.27. The molecule has 0 amide bonds. The number of hydrogen-bond acceptors (Lipinski definition) is 10. The van der Waals surface area contributed by atoms with Crippen LogP contribution in [0.5, 0.6) is 11.5 Å². The first-order valence-corrected chi connectivity index (χ1v) is 13.2. The lowest BCUT2D eigenvalue weighted by atomic mass is 9.87. The van der Waals surface area contributed by atoms with Crippen molar-refractivity contribution in [2.24, 2.45) is 5.84 Å². The van der Waals surface area contributed by atoms with Gasteiger partial charge in [-0.05, 0) is 102 Å². The van der Waals surface area contributed by atoms with Gasteiger partial charge in [0.25, 0.3) is 0 Å². The molecule has 1 aliphatic heterocycles. The maximum Gasteiger partial charge on any atom is 0.231 e. The fourth-order valence-corrected chi connectivity index (χ4v) is 4.63. The molecule has 3 aromatic rings. The van der Waals surface area contributed by atoms with Crippen LogP contribution in [-0.2, 0) is 0 Å². The van der Waals surface area contributed by atoms with Crippen LogP contribution in [0.3, 0.4) is 0 Å². The van der Waals surface area contributed by atoms with E-state index < -0.39 is 0 Å². The number of hydrazine groups is 1. The highest BCUT2D eigenvalue weighted by Gasteiger charge is 2.21. The monoisotopic (exact) mass is 520 g/mol. The van der Waals surface area contributed by atoms with Crippen LogP contribution in [0.4, 0.5) is 34.6 Å². The second kappa shape index (κ2) is 12.2. The average molecular weight is 521 g/mol. The fraction of sp³-hybridized carbons (Fsp3) is 0.429. The van der Waals surface area contributed by atoms with Crippen LogP contribution in [0.25, 0.3) is 0 Å². The summed E-state index contributed by atoms with van der Waals surface area (Å²) in [6, 6.07) is 11.9. The number of piperidine rings is 1. The van der Waals surface area contributed by atoms with Gasteiger partial charge in [-0.15, -0.1) is 0 Å². The Kier molecular flexibility index (Phi) is 8.75. The Labute approximate surface area is 224 Å². The highest BCUT2D eigenvalue weighted by molar-refractivity contribution is 5.81. The summed E-state index contributed by atoms with van der Waals surface area (Å²) >= 11 is 0. The van der Waals surface area contributed by atoms with Gasteiger partial charge in [0.15, 0.2) is 11.6 Å². The quantitative estimate of drug-likeness (QED) is 0.156. The van der Waals surface area contributed by atoms with Crippen molar-refractivity contribution in [1.29, 1.82) is 0 Å². The van der Waals surface area contributed by atoms with Crippen molar-refractivity contribution in [2.45, 2.75) is 65.6 Å². The minimum atomic E-state index is 0.00224. The van der Waals surface area contributed by atoms with E-state index in [4.69, 9.17) is 21.1 Å². The summed E-state index contributed by atoms with van der Waals surface area (Å²) in [5, 5.41) is 10.1. The molecule has 0 saturated carbocycles. The maximum atomic E-state index is 6.35. The zero-order valence-corrected chi connectivity index (χ0v) is 22.9. The summed E-state index contributed by atoms with van der Waals surface area (Å²) in [6.45, 7) is 12.2. The Morgan fingerprint density at radius 1 is 0.895 bits per heavy atom. The predicted molar refractivity (Wildman–Crippen MR) is 155 cm³/mol. The summed E-state index contributed by atoms with van der Waals surface area (Å²) in [7, 11) is 0. The normalized spacial score (nSPS) is 14.0. The largest absolute Gasteiger partial charge is 0.489 e. The first-order chi connectivity index (χ1) is 18.2. The van der Waals surface area contributed by atoms with Gasteiger partial charge in [-0.2, -0.15) is 9.97 Å². The van der Waals surface area contributed by atoms with Gasteiger partial charge in [-0.25, -0.2) is 5.84 Å². The Bertz CT molecular complexity index is 1240. The number of nitrogens with two attached hydrogens (primary N) is 2. The molecular formula is C28H40N8O2. The van der Waals surface area contributed by atoms with Crippen LogP contribution in [0.2, 0.25) is 0 Å². The molecule has 10 nitrogen and oxygen atoms in total. The van der Waals surface area contributed by atoms with E-state index in [0.717, 1.165) is 43.1 Å². The number of anilines is 6. The average Bonchev–Trinajstić information content (AvgIpc) is 2.88. The van der Waals surface area contributed by atoms with Crippen molar-refractivity contribution >= 4 is 34.6 Å². The molecule has 0 atom stereocenters. The molecule has 2 aromatic carbocycles. The second-order valence-corrected chi connectivity index (χ2v) is 10.1. The Morgan fingerprint density at radius 3 is 2.24 bits per heavy atom. The summed E-state index contributed by atoms with van der Waals surface area (Å²) in [6.07, 6.45) is 2.23. The molecule has 2 heterocycles. The highest BCUT2D eigenvalue weighted by Crippen LogP contribution is 2.38. The van der Waals surface area contributed by atoms with E-state index in [1.54, 1.807) is 0 Å². The van der Waals surface area contributed by atoms with Gasteiger partial charge in [0, 0.05) is 0 Å². The van der Waals surface area contributed by atoms with Crippen molar-refractivity contribution < 1.29 is 9.47 Å². The molecule has 0 bridgehead atoms. The number of aryl methyl sites for hydroxylation is 1. The second-order valence-electron chi connectivity index (χ2n) is 10.1. The molecule has 0 radical (unpaired) electrons. The molecule has 1 fully saturated rings. The standard InChI is InChI=1S/C28H40N8O2/c1-16(2)37-23-9-7-6-8-21(23)32-26-25(29)27(36-30)35-28(34-26)33-22-14-18(5)20(15-24(22)38-17(3)4)19-10-12-31-13-11-19/h6-9,14-17,19,31H,10-13,29-30H2,1-5H3,(H3,32,33,34,35,36). The molecule has 0 aliphatic carbocycles. The number of rotatable bonds is 10. The van der Waals surface area contributed by atoms with E-state index >= 15 is 0 Å². The first kappa shape index (κ1) is 27.3. The summed E-state index contributed by atoms with van der Waals surface area (Å²) in [5.74, 6) is 8.72. The van der Waals surface area contributed by atoms with Crippen LogP contribution in [0.15, 0.2) is 36.4 Å². The minimum absolute atomic E-state index is 0.00224. The van der Waals surface area contributed by atoms with Crippen LogP contribution in [0.1, 0.15) is 57.6 Å². The Hall–Kier alpha value is -3.76. The molecule has 1 aromatic heterocycles. The number of nitrogens with zero attached hydrogens (tertiary/aromatic N) is 2. The van der Waals surface area contributed by atoms with E-state index in [-0.39, 0.29) is 17.9 Å². The molecule has 10 heteroatoms. The van der Waals surface area contributed by atoms with Gasteiger partial charge in [0.2, 0.25) is 5.95 Å². The molecule has 38 heavy (non-hydrogen) atoms. The van der Waals surface area contributed by atoms with Gasteiger partial charge >= 0.3 is 0 Å². The zero-order valence-electron chi connectivity index (χ0n) is 22.9. The minimum Gasteiger partial charge on any atom is -0.489 e. The number of nitrogens with one attached hydrogen (secondary N) is 4. The maximum absolute atomic E-state index is 6.35. The van der Waals surface area contributed by atoms with Crippen molar-refractivity contribution in [3.63, 3.8) is 0 Å². The van der Waals surface area contributed by atoms with Gasteiger partial charge in [-0.3, -0.25) is 0 Å². The third-order valence-electron chi connectivity index (χ3n) is 6.34. The van der Waals surface area contributed by atoms with Crippen LogP contribution >= 0.6 is 0 Å². The van der Waals surface area contributed by atoms with E-state index in [0.29, 0.717) is 29.3 Å². The number of para-hydroxylation sites is 2. The molecule has 8 N–H and O–H groups in total. The van der Waals surface area contributed by atoms with Crippen molar-refractivity contribution in [1.82, 2.24) is 15.3 Å². The van der Waals surface area contributed by atoms with Gasteiger partial charge < -0.3 is 36.6 Å². The van der Waals surface area contributed by atoms with Gasteiger partial charge in [0.1, 0.15) is 17.2 Å². The lowest BCUT2D eigenvalue weighted by Gasteiger charge is -2.26. The Morgan fingerprint density at radius 2 is 1.55 bits per heavy atom. The van der Waals surface area contributed by atoms with E-state index in [1.165, 1.54) is 11.1 Å². The number of aromatic nitrogens is 2. The molecule has 0 spiro atoms. The fourth-order valence-electron chi connectivity index (χ4n) is 4.63. The summed E-state index contributed by atoms with van der Waals surface area (Å²) < 4.78 is 12.2. The first-order valence-electron chi connectivity index (χ1n) is 13.2. The predicted octanol–water partition coefficient (Wildman–Crippen LogP) is 5.18. The molecule has 1 saturated heterocycles. The zero-order chi connectivity index (χ0) is 27.2. The lowest BCUT2D eigenvalue weighted by molar-refractivity contribution is 0.243. The van der Waals surface area contributed by atoms with E-state index in [1.807, 2.05) is 52.0 Å². The Balaban J connectivity index is 1.69. The van der Waals surface area contributed by atoms with E-state index in [2.05, 4.69) is 50.4 Å². The van der Waals surface area contributed by atoms with Crippen molar-refractivity contribution in [3.8, 4) is 11.5 Å². The summed E-state index contributed by atoms with van der Waals surface area (Å²) in [4.78, 5) is 9.18. The van der Waals surface area contributed by atoms with Crippen LogP contribution < -0.4 is 42.4 Å². The van der Waals surface area contributed by atoms with Crippen molar-refractivity contribution in [2.75, 3.05) is 34.9 Å². The molecule has 1 aliphatic rings. The van der Waals surface area contributed by atoms with Gasteiger partial charge in [-0.1, -0.05) is 12.1 Å². The van der Waals surface area contributed by atoms with Gasteiger partial charge in [0.05, 0.1) is 23.6 Å². The highest BCUT2D eigenvalue weighted by atomic mass is 16.5. The third kappa shape index (κ3) is 6.56. The molecule has 4 rings (SSSR count). The molecular weight excluding hydrogens is 480 g/mol. The third-order valence-corrected chi connectivity index (χ3v) is 6.34. The van der Waals surface area contributed by atoms with Crippen LogP contribution in [0, 0.1) is 6.92 Å². The smallest absolute Gasteiger partial charge is 0.231 e. The SMILES string of the molecule is Cc1cc(Nc2nc(NN)c(N)c(Nc3ccccc3OC(C)C)n2)c(OC(C)C)cc1C1CCNCC1. The topological polar surface area (TPSA) is 144 Å².